The van der Waals surface area contributed by atoms with E-state index in [4.69, 9.17) is 9.73 Å². The van der Waals surface area contributed by atoms with Crippen LogP contribution in [0, 0.1) is 6.92 Å². The number of nitrogens with one attached hydrogen (secondary N) is 1. The summed E-state index contributed by atoms with van der Waals surface area (Å²) in [5, 5.41) is 3.41. The summed E-state index contributed by atoms with van der Waals surface area (Å²) in [4.78, 5) is 23.8. The molecule has 0 saturated carbocycles. The zero-order valence-corrected chi connectivity index (χ0v) is 21.5. The second-order valence-corrected chi connectivity index (χ2v) is 8.24. The molecule has 0 aliphatic carbocycles. The number of hydrogen-bond acceptors (Lipinski definition) is 4. The van der Waals surface area contributed by atoms with Crippen molar-refractivity contribution in [3.05, 3.63) is 29.8 Å². The van der Waals surface area contributed by atoms with E-state index in [1.54, 1.807) is 0 Å². The van der Waals surface area contributed by atoms with E-state index in [-0.39, 0.29) is 36.0 Å². The average molecular weight is 543 g/mol. The number of piperazine rings is 1. The Balaban J connectivity index is 0.00000341. The summed E-state index contributed by atoms with van der Waals surface area (Å²) in [6.07, 6.45) is 2.29. The van der Waals surface area contributed by atoms with Gasteiger partial charge >= 0.3 is 0 Å². The molecule has 1 N–H and O–H groups in total. The van der Waals surface area contributed by atoms with Gasteiger partial charge in [0.2, 0.25) is 5.91 Å². The Morgan fingerprint density at radius 1 is 1.10 bits per heavy atom. The van der Waals surface area contributed by atoms with Gasteiger partial charge in [0.15, 0.2) is 5.96 Å². The van der Waals surface area contributed by atoms with E-state index >= 15 is 0 Å². The summed E-state index contributed by atoms with van der Waals surface area (Å²) in [6.45, 7) is 13.6. The minimum Gasteiger partial charge on any atom is -0.489 e. The summed E-state index contributed by atoms with van der Waals surface area (Å²) in [5.41, 5.74) is 1.14. The number of halogens is 1. The summed E-state index contributed by atoms with van der Waals surface area (Å²) < 4.78 is 6.07. The number of guanidine groups is 1. The van der Waals surface area contributed by atoms with Crippen molar-refractivity contribution in [2.75, 3.05) is 58.9 Å². The fourth-order valence-electron chi connectivity index (χ4n) is 3.96. The molecule has 174 valence electrons. The van der Waals surface area contributed by atoms with Crippen LogP contribution in [0.15, 0.2) is 29.3 Å². The molecule has 1 atom stereocenters. The lowest BCUT2D eigenvalue weighted by atomic mass is 10.2. The number of para-hydroxylation sites is 1. The zero-order valence-electron chi connectivity index (χ0n) is 19.2. The normalized spacial score (nSPS) is 18.5. The highest BCUT2D eigenvalue weighted by molar-refractivity contribution is 14.0. The van der Waals surface area contributed by atoms with E-state index in [0.717, 1.165) is 75.9 Å². The third kappa shape index (κ3) is 7.82. The summed E-state index contributed by atoms with van der Waals surface area (Å²) in [6, 6.07) is 8.08. The summed E-state index contributed by atoms with van der Waals surface area (Å²) in [5.74, 6) is 2.13. The van der Waals surface area contributed by atoms with Crippen LogP contribution >= 0.6 is 24.0 Å². The van der Waals surface area contributed by atoms with Gasteiger partial charge in [-0.1, -0.05) is 18.2 Å². The molecule has 2 fully saturated rings. The van der Waals surface area contributed by atoms with E-state index < -0.39 is 0 Å². The van der Waals surface area contributed by atoms with Gasteiger partial charge < -0.3 is 19.9 Å². The van der Waals surface area contributed by atoms with Gasteiger partial charge in [0.1, 0.15) is 11.9 Å². The predicted octanol–water partition coefficient (Wildman–Crippen LogP) is 2.59. The molecule has 3 rings (SSSR count). The Kier molecular flexibility index (Phi) is 10.9. The van der Waals surface area contributed by atoms with Gasteiger partial charge in [-0.3, -0.25) is 9.69 Å². The van der Waals surface area contributed by atoms with Crippen LogP contribution in [0.25, 0.3) is 0 Å². The summed E-state index contributed by atoms with van der Waals surface area (Å²) in [7, 11) is 0. The van der Waals surface area contributed by atoms with Gasteiger partial charge in [0.25, 0.3) is 0 Å². The van der Waals surface area contributed by atoms with Crippen LogP contribution in [0.1, 0.15) is 32.3 Å². The number of carbonyl (C=O) groups excluding carboxylic acids is 1. The molecule has 2 aliphatic rings. The fraction of sp³-hybridized carbons (Fsp3) is 0.652. The monoisotopic (exact) mass is 543 g/mol. The van der Waals surface area contributed by atoms with Crippen molar-refractivity contribution in [3.8, 4) is 5.75 Å². The van der Waals surface area contributed by atoms with Crippen LogP contribution < -0.4 is 10.1 Å². The molecule has 0 spiro atoms. The average Bonchev–Trinajstić information content (AvgIpc) is 3.29. The van der Waals surface area contributed by atoms with Crippen molar-refractivity contribution in [1.82, 2.24) is 20.0 Å². The molecule has 0 aromatic heterocycles. The molecule has 1 aromatic rings. The van der Waals surface area contributed by atoms with Crippen molar-refractivity contribution < 1.29 is 9.53 Å². The molecule has 2 heterocycles. The highest BCUT2D eigenvalue weighted by Crippen LogP contribution is 2.18. The SMILES string of the molecule is CCNC(=NCC(C)Oc1ccccc1C)N1CCN(CC(=O)N2CCCC2)CC1.I. The lowest BCUT2D eigenvalue weighted by Gasteiger charge is -2.36. The maximum atomic E-state index is 12.4. The molecular weight excluding hydrogens is 505 g/mol. The fourth-order valence-corrected chi connectivity index (χ4v) is 3.96. The molecule has 2 saturated heterocycles. The molecule has 2 aliphatic heterocycles. The third-order valence-corrected chi connectivity index (χ3v) is 5.74. The van der Waals surface area contributed by atoms with Crippen molar-refractivity contribution in [2.24, 2.45) is 4.99 Å². The Labute approximate surface area is 204 Å². The largest absolute Gasteiger partial charge is 0.489 e. The summed E-state index contributed by atoms with van der Waals surface area (Å²) >= 11 is 0. The second-order valence-electron chi connectivity index (χ2n) is 8.24. The minimum atomic E-state index is -0.000808. The Hall–Kier alpha value is -1.55. The highest BCUT2D eigenvalue weighted by Gasteiger charge is 2.24. The Bertz CT molecular complexity index is 716. The van der Waals surface area contributed by atoms with Gasteiger partial charge in [-0.15, -0.1) is 24.0 Å². The first kappa shape index (κ1) is 25.7. The maximum Gasteiger partial charge on any atom is 0.236 e. The molecule has 1 amide bonds. The second kappa shape index (κ2) is 13.1. The number of amides is 1. The van der Waals surface area contributed by atoms with Crippen LogP contribution in [-0.4, -0.2) is 91.6 Å². The van der Waals surface area contributed by atoms with Gasteiger partial charge in [-0.25, -0.2) is 4.99 Å². The smallest absolute Gasteiger partial charge is 0.236 e. The first-order valence-electron chi connectivity index (χ1n) is 11.3. The van der Waals surface area contributed by atoms with Crippen LogP contribution in [0.4, 0.5) is 0 Å². The molecule has 7 nitrogen and oxygen atoms in total. The lowest BCUT2D eigenvalue weighted by molar-refractivity contribution is -0.131. The lowest BCUT2D eigenvalue weighted by Crippen LogP contribution is -2.54. The number of nitrogens with zero attached hydrogens (tertiary/aromatic N) is 4. The number of carbonyl (C=O) groups is 1. The molecule has 8 heteroatoms. The molecule has 0 radical (unpaired) electrons. The van der Waals surface area contributed by atoms with Gasteiger partial charge in [0.05, 0.1) is 13.1 Å². The standard InChI is InChI=1S/C23H37N5O2.HI/c1-4-24-23(25-17-20(3)30-21-10-6-5-9-19(21)2)28-15-13-26(14-16-28)18-22(29)27-11-7-8-12-27;/h5-6,9-10,20H,4,7-8,11-18H2,1-3H3,(H,24,25);1H. The number of hydrogen-bond donors (Lipinski definition) is 1. The Morgan fingerprint density at radius 2 is 1.77 bits per heavy atom. The van der Waals surface area contributed by atoms with Crippen LogP contribution in [0.3, 0.4) is 0 Å². The Morgan fingerprint density at radius 3 is 2.42 bits per heavy atom. The van der Waals surface area contributed by atoms with Crippen LogP contribution in [0.2, 0.25) is 0 Å². The molecular formula is C23H38IN5O2. The third-order valence-electron chi connectivity index (χ3n) is 5.74. The van der Waals surface area contributed by atoms with Gasteiger partial charge in [-0.05, 0) is 45.2 Å². The van der Waals surface area contributed by atoms with Crippen LogP contribution in [0.5, 0.6) is 5.75 Å². The predicted molar refractivity (Wildman–Crippen MR) is 136 cm³/mol. The van der Waals surface area contributed by atoms with E-state index in [1.165, 1.54) is 0 Å². The van der Waals surface area contributed by atoms with Crippen molar-refractivity contribution in [1.29, 1.82) is 0 Å². The molecule has 0 bridgehead atoms. The topological polar surface area (TPSA) is 60.4 Å². The number of rotatable bonds is 7. The van der Waals surface area contributed by atoms with Crippen LogP contribution in [-0.2, 0) is 4.79 Å². The molecule has 1 unspecified atom stereocenters. The maximum absolute atomic E-state index is 12.4. The number of aliphatic imine (C=N–C) groups is 1. The van der Waals surface area contributed by atoms with Gasteiger partial charge in [0, 0.05) is 45.8 Å². The number of aryl methyl sites for hydroxylation is 1. The van der Waals surface area contributed by atoms with E-state index in [1.807, 2.05) is 23.1 Å². The van der Waals surface area contributed by atoms with Crippen molar-refractivity contribution >= 4 is 35.8 Å². The van der Waals surface area contributed by atoms with Crippen molar-refractivity contribution in [3.63, 3.8) is 0 Å². The first-order chi connectivity index (χ1) is 14.6. The highest BCUT2D eigenvalue weighted by atomic mass is 127. The van der Waals surface area contributed by atoms with E-state index in [0.29, 0.717) is 13.1 Å². The minimum absolute atomic E-state index is 0. The van der Waals surface area contributed by atoms with Gasteiger partial charge in [-0.2, -0.15) is 0 Å². The first-order valence-corrected chi connectivity index (χ1v) is 11.3. The number of benzene rings is 1. The molecule has 1 aromatic carbocycles. The zero-order chi connectivity index (χ0) is 21.3. The quantitative estimate of drug-likeness (QED) is 0.326. The van der Waals surface area contributed by atoms with Crippen molar-refractivity contribution in [2.45, 2.75) is 39.7 Å². The number of likely N-dealkylation sites (tertiary alicyclic amines) is 1. The molecule has 31 heavy (non-hydrogen) atoms. The van der Waals surface area contributed by atoms with E-state index in [9.17, 15) is 4.79 Å². The van der Waals surface area contributed by atoms with E-state index in [2.05, 4.69) is 42.0 Å². The number of ether oxygens (including phenoxy) is 1.